The average Bonchev–Trinajstić information content (AvgIpc) is 2.01. The van der Waals surface area contributed by atoms with Crippen LogP contribution in [0.3, 0.4) is 0 Å². The molecule has 72 valence electrons. The molecule has 2 nitrogen and oxygen atoms in total. The molecule has 0 spiro atoms. The maximum absolute atomic E-state index is 5.89. The summed E-state index contributed by atoms with van der Waals surface area (Å²) in [6.07, 6.45) is 0.816. The van der Waals surface area contributed by atoms with Gasteiger partial charge in [0, 0.05) is 11.1 Å². The van der Waals surface area contributed by atoms with E-state index in [4.69, 9.17) is 22.1 Å². The predicted octanol–water partition coefficient (Wildman–Crippen LogP) is 2.24. The molecule has 0 aliphatic rings. The Morgan fingerprint density at radius 1 is 1.46 bits per heavy atom. The molecule has 1 atom stereocenters. The molecule has 1 aromatic carbocycles. The van der Waals surface area contributed by atoms with E-state index < -0.39 is 0 Å². The molecule has 0 aliphatic carbocycles. The second-order valence-electron chi connectivity index (χ2n) is 3.18. The van der Waals surface area contributed by atoms with Crippen molar-refractivity contribution in [2.75, 3.05) is 7.11 Å². The lowest BCUT2D eigenvalue weighted by molar-refractivity contribution is 0.414. The minimum Gasteiger partial charge on any atom is -0.497 e. The van der Waals surface area contributed by atoms with Gasteiger partial charge in [0.2, 0.25) is 0 Å². The molecule has 1 unspecified atom stereocenters. The number of benzene rings is 1. The molecular weight excluding hydrogens is 186 g/mol. The zero-order valence-corrected chi connectivity index (χ0v) is 8.64. The highest BCUT2D eigenvalue weighted by Crippen LogP contribution is 2.21. The van der Waals surface area contributed by atoms with Crippen LogP contribution in [-0.4, -0.2) is 13.2 Å². The topological polar surface area (TPSA) is 35.2 Å². The second-order valence-corrected chi connectivity index (χ2v) is 3.62. The first-order chi connectivity index (χ1) is 6.11. The average molecular weight is 200 g/mol. The second kappa shape index (κ2) is 4.49. The molecule has 0 bridgehead atoms. The van der Waals surface area contributed by atoms with Crippen LogP contribution in [0.2, 0.25) is 5.02 Å². The van der Waals surface area contributed by atoms with E-state index in [-0.39, 0.29) is 6.04 Å². The molecule has 0 heterocycles. The number of methoxy groups -OCH3 is 1. The van der Waals surface area contributed by atoms with Crippen LogP contribution in [0, 0.1) is 0 Å². The number of ether oxygens (including phenoxy) is 1. The van der Waals surface area contributed by atoms with E-state index in [0.717, 1.165) is 17.7 Å². The van der Waals surface area contributed by atoms with Crippen LogP contribution in [0.4, 0.5) is 0 Å². The van der Waals surface area contributed by atoms with Gasteiger partial charge in [-0.05, 0) is 37.1 Å². The van der Waals surface area contributed by atoms with Gasteiger partial charge in [0.15, 0.2) is 0 Å². The molecule has 13 heavy (non-hydrogen) atoms. The van der Waals surface area contributed by atoms with E-state index >= 15 is 0 Å². The van der Waals surface area contributed by atoms with Crippen LogP contribution in [0.25, 0.3) is 0 Å². The molecule has 0 saturated heterocycles. The van der Waals surface area contributed by atoms with Crippen LogP contribution in [0.5, 0.6) is 5.75 Å². The quantitative estimate of drug-likeness (QED) is 0.811. The Morgan fingerprint density at radius 2 is 2.15 bits per heavy atom. The zero-order valence-electron chi connectivity index (χ0n) is 7.88. The summed E-state index contributed by atoms with van der Waals surface area (Å²) >= 11 is 5.89. The van der Waals surface area contributed by atoms with Crippen molar-refractivity contribution in [1.29, 1.82) is 0 Å². The van der Waals surface area contributed by atoms with Crippen LogP contribution in [0.1, 0.15) is 12.5 Å². The molecule has 0 radical (unpaired) electrons. The lowest BCUT2D eigenvalue weighted by atomic mass is 10.1. The summed E-state index contributed by atoms with van der Waals surface area (Å²) in [5.74, 6) is 0.781. The summed E-state index contributed by atoms with van der Waals surface area (Å²) in [6.45, 7) is 1.97. The van der Waals surface area contributed by atoms with E-state index in [9.17, 15) is 0 Å². The highest BCUT2D eigenvalue weighted by molar-refractivity contribution is 6.30. The summed E-state index contributed by atoms with van der Waals surface area (Å²) in [5.41, 5.74) is 6.79. The largest absolute Gasteiger partial charge is 0.497 e. The summed E-state index contributed by atoms with van der Waals surface area (Å²) in [4.78, 5) is 0. The van der Waals surface area contributed by atoms with Crippen molar-refractivity contribution >= 4 is 11.6 Å². The molecule has 0 aromatic heterocycles. The number of nitrogens with two attached hydrogens (primary N) is 1. The maximum Gasteiger partial charge on any atom is 0.120 e. The number of hydrogen-bond donors (Lipinski definition) is 1. The van der Waals surface area contributed by atoms with E-state index in [1.54, 1.807) is 13.2 Å². The standard InChI is InChI=1S/C10H14ClNO/c1-7(12)3-8-4-9(11)6-10(5-8)13-2/h4-7H,3,12H2,1-2H3. The Balaban J connectivity index is 2.88. The predicted molar refractivity (Wildman–Crippen MR) is 55.4 cm³/mol. The number of halogens is 1. The van der Waals surface area contributed by atoms with Crippen molar-refractivity contribution in [3.63, 3.8) is 0 Å². The maximum atomic E-state index is 5.89. The smallest absolute Gasteiger partial charge is 0.120 e. The van der Waals surface area contributed by atoms with Crippen molar-refractivity contribution in [3.05, 3.63) is 28.8 Å². The molecule has 1 rings (SSSR count). The third-order valence-corrected chi connectivity index (χ3v) is 1.94. The van der Waals surface area contributed by atoms with Crippen molar-refractivity contribution in [3.8, 4) is 5.75 Å². The van der Waals surface area contributed by atoms with Gasteiger partial charge in [0.1, 0.15) is 5.75 Å². The van der Waals surface area contributed by atoms with E-state index in [2.05, 4.69) is 0 Å². The first-order valence-electron chi connectivity index (χ1n) is 4.21. The summed E-state index contributed by atoms with van der Waals surface area (Å²) in [6, 6.07) is 5.79. The Hall–Kier alpha value is -0.730. The van der Waals surface area contributed by atoms with E-state index in [1.165, 1.54) is 0 Å². The minimum absolute atomic E-state index is 0.142. The summed E-state index contributed by atoms with van der Waals surface area (Å²) in [5, 5.41) is 0.690. The van der Waals surface area contributed by atoms with Crippen molar-refractivity contribution < 1.29 is 4.74 Å². The van der Waals surface area contributed by atoms with Gasteiger partial charge in [0.25, 0.3) is 0 Å². The Kier molecular flexibility index (Phi) is 3.58. The molecule has 0 saturated carbocycles. The van der Waals surface area contributed by atoms with Crippen molar-refractivity contribution in [2.45, 2.75) is 19.4 Å². The lowest BCUT2D eigenvalue weighted by Crippen LogP contribution is -2.17. The summed E-state index contributed by atoms with van der Waals surface area (Å²) < 4.78 is 5.09. The lowest BCUT2D eigenvalue weighted by Gasteiger charge is -2.07. The Labute approximate surface area is 83.6 Å². The van der Waals surface area contributed by atoms with Crippen LogP contribution in [-0.2, 0) is 6.42 Å². The van der Waals surface area contributed by atoms with E-state index in [0.29, 0.717) is 5.02 Å². The highest BCUT2D eigenvalue weighted by atomic mass is 35.5. The first-order valence-corrected chi connectivity index (χ1v) is 4.58. The van der Waals surface area contributed by atoms with E-state index in [1.807, 2.05) is 19.1 Å². The van der Waals surface area contributed by atoms with Gasteiger partial charge in [-0.3, -0.25) is 0 Å². The first kappa shape index (κ1) is 10.4. The summed E-state index contributed by atoms with van der Waals surface area (Å²) in [7, 11) is 1.63. The molecular formula is C10H14ClNO. The number of rotatable bonds is 3. The van der Waals surface area contributed by atoms with Gasteiger partial charge < -0.3 is 10.5 Å². The van der Waals surface area contributed by atoms with Gasteiger partial charge in [-0.25, -0.2) is 0 Å². The Morgan fingerprint density at radius 3 is 2.69 bits per heavy atom. The molecule has 1 aromatic rings. The molecule has 0 fully saturated rings. The highest BCUT2D eigenvalue weighted by Gasteiger charge is 2.02. The van der Waals surface area contributed by atoms with Gasteiger partial charge in [0.05, 0.1) is 7.11 Å². The molecule has 0 aliphatic heterocycles. The molecule has 2 N–H and O–H groups in total. The SMILES string of the molecule is COc1cc(Cl)cc(CC(C)N)c1. The van der Waals surface area contributed by atoms with Crippen LogP contribution in [0.15, 0.2) is 18.2 Å². The fourth-order valence-electron chi connectivity index (χ4n) is 1.23. The fourth-order valence-corrected chi connectivity index (χ4v) is 1.48. The van der Waals surface area contributed by atoms with Gasteiger partial charge >= 0.3 is 0 Å². The third-order valence-electron chi connectivity index (χ3n) is 1.72. The normalized spacial score (nSPS) is 12.6. The van der Waals surface area contributed by atoms with Crippen LogP contribution < -0.4 is 10.5 Å². The van der Waals surface area contributed by atoms with Crippen molar-refractivity contribution in [1.82, 2.24) is 0 Å². The minimum atomic E-state index is 0.142. The zero-order chi connectivity index (χ0) is 9.84. The Bertz CT molecular complexity index is 286. The van der Waals surface area contributed by atoms with Crippen molar-refractivity contribution in [2.24, 2.45) is 5.73 Å². The fraction of sp³-hybridized carbons (Fsp3) is 0.400. The van der Waals surface area contributed by atoms with Gasteiger partial charge in [-0.15, -0.1) is 0 Å². The van der Waals surface area contributed by atoms with Crippen LogP contribution >= 0.6 is 11.6 Å². The monoisotopic (exact) mass is 199 g/mol. The number of hydrogen-bond acceptors (Lipinski definition) is 2. The molecule has 0 amide bonds. The molecule has 3 heteroatoms. The van der Waals surface area contributed by atoms with Gasteiger partial charge in [-0.2, -0.15) is 0 Å². The van der Waals surface area contributed by atoms with Gasteiger partial charge in [-0.1, -0.05) is 11.6 Å². The third kappa shape index (κ3) is 3.25.